The minimum atomic E-state index is -0.0670. The van der Waals surface area contributed by atoms with Crippen LogP contribution in [0, 0.1) is 13.8 Å². The molecule has 2 fully saturated rings. The van der Waals surface area contributed by atoms with E-state index in [1.54, 1.807) is 6.07 Å². The molecule has 3 aromatic rings. The Morgan fingerprint density at radius 1 is 0.600 bits per heavy atom. The Morgan fingerprint density at radius 3 is 1.91 bits per heavy atom. The quantitative estimate of drug-likeness (QED) is 0.367. The first kappa shape index (κ1) is 24.0. The number of hydrogen-bond donors (Lipinski definition) is 2. The van der Waals surface area contributed by atoms with Crippen molar-refractivity contribution in [3.05, 3.63) is 93.5 Å². The molecule has 0 radical (unpaired) electrons. The average molecular weight is 469 g/mol. The lowest BCUT2D eigenvalue weighted by Gasteiger charge is -2.29. The standard InChI is InChI=1S/C33H40O2/c1-22-17-18-26(24-11-5-3-6-12-24)20-28(22)33(27-15-9-10-16-31(27)34)29-21-30(32(35)19-23(29)2)25-13-7-4-8-14-25/h9-10,15-21,24-25,33-35H,3-8,11-14H2,1-2H3. The second kappa shape index (κ2) is 10.5. The van der Waals surface area contributed by atoms with Gasteiger partial charge >= 0.3 is 0 Å². The van der Waals surface area contributed by atoms with Gasteiger partial charge in [-0.1, -0.05) is 81.0 Å². The number of rotatable bonds is 5. The van der Waals surface area contributed by atoms with Crippen molar-refractivity contribution >= 4 is 0 Å². The van der Waals surface area contributed by atoms with Crippen molar-refractivity contribution < 1.29 is 10.2 Å². The average Bonchev–Trinajstić information content (AvgIpc) is 2.88. The fraction of sp³-hybridized carbons (Fsp3) is 0.455. The summed E-state index contributed by atoms with van der Waals surface area (Å²) < 4.78 is 0. The van der Waals surface area contributed by atoms with E-state index in [0.717, 1.165) is 29.5 Å². The van der Waals surface area contributed by atoms with Gasteiger partial charge in [-0.25, -0.2) is 0 Å². The van der Waals surface area contributed by atoms with Crippen LogP contribution in [0.2, 0.25) is 0 Å². The number of phenols is 2. The lowest BCUT2D eigenvalue weighted by atomic mass is 9.76. The molecule has 0 bridgehead atoms. The van der Waals surface area contributed by atoms with E-state index < -0.39 is 0 Å². The molecule has 3 aromatic carbocycles. The van der Waals surface area contributed by atoms with Gasteiger partial charge in [0.2, 0.25) is 0 Å². The molecule has 2 nitrogen and oxygen atoms in total. The summed E-state index contributed by atoms with van der Waals surface area (Å²) in [6.07, 6.45) is 12.6. The van der Waals surface area contributed by atoms with Gasteiger partial charge in [0, 0.05) is 11.5 Å². The molecule has 1 unspecified atom stereocenters. The summed E-state index contributed by atoms with van der Waals surface area (Å²) in [4.78, 5) is 0. The van der Waals surface area contributed by atoms with E-state index in [1.165, 1.54) is 73.6 Å². The minimum Gasteiger partial charge on any atom is -0.508 e. The first-order valence-electron chi connectivity index (χ1n) is 13.7. The highest BCUT2D eigenvalue weighted by Crippen LogP contribution is 2.45. The van der Waals surface area contributed by atoms with E-state index in [0.29, 0.717) is 23.3 Å². The zero-order chi connectivity index (χ0) is 24.4. The second-order valence-corrected chi connectivity index (χ2v) is 11.0. The SMILES string of the molecule is Cc1ccc(C2CCCCC2)cc1C(c1cc(C2CCCCC2)c(O)cc1C)c1ccccc1O. The van der Waals surface area contributed by atoms with Gasteiger partial charge < -0.3 is 10.2 Å². The highest BCUT2D eigenvalue weighted by Gasteiger charge is 2.28. The predicted molar refractivity (Wildman–Crippen MR) is 145 cm³/mol. The zero-order valence-corrected chi connectivity index (χ0v) is 21.4. The third-order valence-electron chi connectivity index (χ3n) is 8.71. The van der Waals surface area contributed by atoms with Crippen molar-refractivity contribution in [1.82, 2.24) is 0 Å². The summed E-state index contributed by atoms with van der Waals surface area (Å²) in [5.74, 6) is 1.76. The van der Waals surface area contributed by atoms with Crippen LogP contribution in [0.25, 0.3) is 0 Å². The summed E-state index contributed by atoms with van der Waals surface area (Å²) in [5, 5.41) is 22.0. The largest absolute Gasteiger partial charge is 0.508 e. The third-order valence-corrected chi connectivity index (χ3v) is 8.71. The lowest BCUT2D eigenvalue weighted by molar-refractivity contribution is 0.413. The molecule has 0 heterocycles. The van der Waals surface area contributed by atoms with Gasteiger partial charge in [0.15, 0.2) is 0 Å². The van der Waals surface area contributed by atoms with Crippen molar-refractivity contribution in [3.8, 4) is 11.5 Å². The molecule has 0 aliphatic heterocycles. The monoisotopic (exact) mass is 468 g/mol. The third kappa shape index (κ3) is 4.99. The Bertz CT molecular complexity index is 1170. The van der Waals surface area contributed by atoms with Crippen LogP contribution in [0.1, 0.15) is 121 Å². The normalized spacial score (nSPS) is 18.5. The molecular weight excluding hydrogens is 428 g/mol. The van der Waals surface area contributed by atoms with Crippen LogP contribution in [0.15, 0.2) is 54.6 Å². The van der Waals surface area contributed by atoms with E-state index in [2.05, 4.69) is 44.2 Å². The number of aryl methyl sites for hydroxylation is 2. The van der Waals surface area contributed by atoms with Gasteiger partial charge in [-0.3, -0.25) is 0 Å². The molecule has 0 amide bonds. The molecular formula is C33H40O2. The molecule has 2 aliphatic rings. The van der Waals surface area contributed by atoms with Crippen LogP contribution in [-0.4, -0.2) is 10.2 Å². The van der Waals surface area contributed by atoms with Crippen molar-refractivity contribution in [1.29, 1.82) is 0 Å². The van der Waals surface area contributed by atoms with Crippen molar-refractivity contribution in [2.45, 2.75) is 95.8 Å². The summed E-state index contributed by atoms with van der Waals surface area (Å²) in [7, 11) is 0. The summed E-state index contributed by atoms with van der Waals surface area (Å²) >= 11 is 0. The van der Waals surface area contributed by atoms with Crippen molar-refractivity contribution in [2.75, 3.05) is 0 Å². The minimum absolute atomic E-state index is 0.0670. The van der Waals surface area contributed by atoms with Crippen molar-refractivity contribution in [2.24, 2.45) is 0 Å². The maximum Gasteiger partial charge on any atom is 0.119 e. The second-order valence-electron chi connectivity index (χ2n) is 11.0. The lowest BCUT2D eigenvalue weighted by Crippen LogP contribution is -2.12. The molecule has 0 spiro atoms. The van der Waals surface area contributed by atoms with Crippen molar-refractivity contribution in [3.63, 3.8) is 0 Å². The molecule has 2 heteroatoms. The summed E-state index contributed by atoms with van der Waals surface area (Å²) in [5.41, 5.74) is 8.29. The first-order valence-corrected chi connectivity index (χ1v) is 13.7. The van der Waals surface area contributed by atoms with E-state index in [9.17, 15) is 10.2 Å². The van der Waals surface area contributed by atoms with Crippen LogP contribution in [0.4, 0.5) is 0 Å². The highest BCUT2D eigenvalue weighted by molar-refractivity contribution is 5.56. The summed E-state index contributed by atoms with van der Waals surface area (Å²) in [6, 6.07) is 19.1. The maximum atomic E-state index is 11.0. The highest BCUT2D eigenvalue weighted by atomic mass is 16.3. The number of hydrogen-bond acceptors (Lipinski definition) is 2. The van der Waals surface area contributed by atoms with Crippen LogP contribution in [0.3, 0.4) is 0 Å². The Balaban J connectivity index is 1.67. The Morgan fingerprint density at radius 2 is 1.23 bits per heavy atom. The van der Waals surface area contributed by atoms with Gasteiger partial charge in [0.25, 0.3) is 0 Å². The van der Waals surface area contributed by atoms with Crippen LogP contribution >= 0.6 is 0 Å². The van der Waals surface area contributed by atoms with E-state index in [4.69, 9.17) is 0 Å². The van der Waals surface area contributed by atoms with Crippen LogP contribution in [0.5, 0.6) is 11.5 Å². The number of phenolic OH excluding ortho intramolecular Hbond substituents is 2. The molecule has 184 valence electrons. The molecule has 2 aliphatic carbocycles. The fourth-order valence-corrected chi connectivity index (χ4v) is 6.67. The Kier molecular flexibility index (Phi) is 7.18. The van der Waals surface area contributed by atoms with Gasteiger partial charge in [-0.05, 0) is 96.9 Å². The topological polar surface area (TPSA) is 40.5 Å². The molecule has 2 saturated carbocycles. The molecule has 0 saturated heterocycles. The number of aromatic hydroxyl groups is 2. The number of benzene rings is 3. The van der Waals surface area contributed by atoms with Gasteiger partial charge in [-0.15, -0.1) is 0 Å². The molecule has 0 aromatic heterocycles. The summed E-state index contributed by atoms with van der Waals surface area (Å²) in [6.45, 7) is 4.30. The van der Waals surface area contributed by atoms with Gasteiger partial charge in [0.05, 0.1) is 0 Å². The number of para-hydroxylation sites is 1. The van der Waals surface area contributed by atoms with Crippen LogP contribution in [-0.2, 0) is 0 Å². The van der Waals surface area contributed by atoms with Gasteiger partial charge in [0.1, 0.15) is 11.5 Å². The molecule has 35 heavy (non-hydrogen) atoms. The van der Waals surface area contributed by atoms with E-state index in [-0.39, 0.29) is 5.92 Å². The van der Waals surface area contributed by atoms with Gasteiger partial charge in [-0.2, -0.15) is 0 Å². The molecule has 5 rings (SSSR count). The smallest absolute Gasteiger partial charge is 0.119 e. The molecule has 1 atom stereocenters. The maximum absolute atomic E-state index is 11.0. The van der Waals surface area contributed by atoms with E-state index >= 15 is 0 Å². The Labute approximate surface area is 211 Å². The predicted octanol–water partition coefficient (Wildman–Crippen LogP) is 8.99. The first-order chi connectivity index (χ1) is 17.0. The fourth-order valence-electron chi connectivity index (χ4n) is 6.67. The Hall–Kier alpha value is -2.74. The molecule has 2 N–H and O–H groups in total. The van der Waals surface area contributed by atoms with Crippen LogP contribution < -0.4 is 0 Å². The zero-order valence-electron chi connectivity index (χ0n) is 21.4. The van der Waals surface area contributed by atoms with E-state index in [1.807, 2.05) is 18.2 Å².